The van der Waals surface area contributed by atoms with Crippen molar-refractivity contribution in [3.63, 3.8) is 0 Å². The van der Waals surface area contributed by atoms with Crippen LogP contribution in [0.3, 0.4) is 0 Å². The first kappa shape index (κ1) is 16.0. The third kappa shape index (κ3) is 1.82. The predicted molar refractivity (Wildman–Crippen MR) is 84.7 cm³/mol. The van der Waals surface area contributed by atoms with Crippen molar-refractivity contribution >= 4 is 11.8 Å². The molecule has 0 aromatic rings. The molecule has 0 spiro atoms. The molecule has 3 aliphatic carbocycles. The zero-order valence-corrected chi connectivity index (χ0v) is 14.0. The number of ether oxygens (including phenoxy) is 1. The van der Waals surface area contributed by atoms with Crippen LogP contribution < -0.4 is 0 Å². The summed E-state index contributed by atoms with van der Waals surface area (Å²) >= 11 is 0. The Morgan fingerprint density at radius 3 is 2.67 bits per heavy atom. The number of hydrogen-bond acceptors (Lipinski definition) is 4. The first-order valence-corrected chi connectivity index (χ1v) is 8.74. The van der Waals surface area contributed by atoms with Gasteiger partial charge >= 0.3 is 5.97 Å². The monoisotopic (exact) mass is 334 g/mol. The minimum atomic E-state index is -1.85. The van der Waals surface area contributed by atoms with Gasteiger partial charge in [-0.3, -0.25) is 9.59 Å². The molecule has 0 aromatic carbocycles. The van der Waals surface area contributed by atoms with E-state index in [1.807, 2.05) is 6.92 Å². The number of allylic oxidation sites excluding steroid dienone is 4. The average molecular weight is 334 g/mol. The summed E-state index contributed by atoms with van der Waals surface area (Å²) in [6.07, 6.45) is 5.53. The van der Waals surface area contributed by atoms with E-state index in [1.54, 1.807) is 13.0 Å². The quantitative estimate of drug-likeness (QED) is 0.692. The summed E-state index contributed by atoms with van der Waals surface area (Å²) < 4.78 is 22.1. The van der Waals surface area contributed by atoms with Crippen LogP contribution in [-0.2, 0) is 14.3 Å². The fourth-order valence-corrected chi connectivity index (χ4v) is 5.74. The zero-order chi connectivity index (χ0) is 17.3. The van der Waals surface area contributed by atoms with E-state index in [4.69, 9.17) is 4.74 Å². The Morgan fingerprint density at radius 2 is 1.92 bits per heavy atom. The number of rotatable bonds is 0. The van der Waals surface area contributed by atoms with Gasteiger partial charge in [-0.2, -0.15) is 0 Å². The van der Waals surface area contributed by atoms with Crippen LogP contribution in [0.4, 0.5) is 4.39 Å². The van der Waals surface area contributed by atoms with Crippen molar-refractivity contribution in [3.8, 4) is 0 Å². The number of esters is 1. The molecule has 4 aliphatic rings. The van der Waals surface area contributed by atoms with Gasteiger partial charge in [-0.1, -0.05) is 11.6 Å². The highest BCUT2D eigenvalue weighted by Gasteiger charge is 2.69. The van der Waals surface area contributed by atoms with Gasteiger partial charge in [0, 0.05) is 30.1 Å². The number of alkyl halides is 1. The van der Waals surface area contributed by atoms with Crippen LogP contribution in [0, 0.1) is 17.3 Å². The Kier molecular flexibility index (Phi) is 3.19. The maximum Gasteiger partial charge on any atom is 0.306 e. The molecule has 1 N–H and O–H groups in total. The molecule has 6 atom stereocenters. The maximum absolute atomic E-state index is 16.5. The molecule has 1 heterocycles. The fraction of sp³-hybridized carbons (Fsp3) is 0.684. The van der Waals surface area contributed by atoms with Crippen LogP contribution in [0.5, 0.6) is 0 Å². The first-order valence-electron chi connectivity index (χ1n) is 8.74. The Balaban J connectivity index is 1.81. The van der Waals surface area contributed by atoms with E-state index in [0.29, 0.717) is 25.7 Å². The van der Waals surface area contributed by atoms with Crippen molar-refractivity contribution in [2.45, 2.75) is 63.3 Å². The summed E-state index contributed by atoms with van der Waals surface area (Å²) in [5, 5.41) is 10.8. The van der Waals surface area contributed by atoms with Gasteiger partial charge in [-0.05, 0) is 45.3 Å². The normalized spacial score (nSPS) is 50.3. The molecular weight excluding hydrogens is 311 g/mol. The van der Waals surface area contributed by atoms with Crippen LogP contribution in [0.15, 0.2) is 23.8 Å². The second kappa shape index (κ2) is 4.78. The molecule has 3 fully saturated rings. The Bertz CT molecular complexity index is 683. The van der Waals surface area contributed by atoms with Gasteiger partial charge in [0.05, 0.1) is 6.10 Å². The van der Waals surface area contributed by atoms with E-state index in [0.717, 1.165) is 5.57 Å². The zero-order valence-electron chi connectivity index (χ0n) is 14.0. The number of halogens is 1. The minimum Gasteiger partial charge on any atom is -0.459 e. The van der Waals surface area contributed by atoms with Crippen molar-refractivity contribution in [3.05, 3.63) is 23.8 Å². The number of aliphatic hydroxyl groups excluding tert-OH is 1. The number of carbonyl (C=O) groups excluding carboxylic acids is 2. The number of hydrogen-bond donors (Lipinski definition) is 1. The van der Waals surface area contributed by atoms with Crippen molar-refractivity contribution in [1.29, 1.82) is 0 Å². The van der Waals surface area contributed by atoms with E-state index in [-0.39, 0.29) is 30.0 Å². The van der Waals surface area contributed by atoms with Gasteiger partial charge in [0.1, 0.15) is 5.60 Å². The van der Waals surface area contributed by atoms with E-state index < -0.39 is 22.8 Å². The summed E-state index contributed by atoms with van der Waals surface area (Å²) in [7, 11) is 0. The minimum absolute atomic E-state index is 0.0983. The molecule has 0 radical (unpaired) electrons. The lowest BCUT2D eigenvalue weighted by molar-refractivity contribution is -0.241. The molecule has 2 saturated carbocycles. The molecule has 0 bridgehead atoms. The first-order chi connectivity index (χ1) is 11.2. The molecule has 130 valence electrons. The summed E-state index contributed by atoms with van der Waals surface area (Å²) in [5.74, 6) is -0.878. The lowest BCUT2D eigenvalue weighted by atomic mass is 9.46. The van der Waals surface area contributed by atoms with Crippen molar-refractivity contribution < 1.29 is 23.8 Å². The smallest absolute Gasteiger partial charge is 0.306 e. The number of fused-ring (bicyclic) bond motifs is 5. The molecule has 1 aliphatic heterocycles. The van der Waals surface area contributed by atoms with Gasteiger partial charge in [0.2, 0.25) is 0 Å². The van der Waals surface area contributed by atoms with Gasteiger partial charge in [0.15, 0.2) is 11.5 Å². The summed E-state index contributed by atoms with van der Waals surface area (Å²) in [5.41, 5.74) is -2.86. The highest BCUT2D eigenvalue weighted by Crippen LogP contribution is 2.64. The van der Waals surface area contributed by atoms with E-state index >= 15 is 4.39 Å². The van der Waals surface area contributed by atoms with Crippen molar-refractivity contribution in [2.75, 3.05) is 0 Å². The highest BCUT2D eigenvalue weighted by molar-refractivity contribution is 6.01. The fourth-order valence-electron chi connectivity index (χ4n) is 5.74. The van der Waals surface area contributed by atoms with Gasteiger partial charge < -0.3 is 9.84 Å². The largest absolute Gasteiger partial charge is 0.459 e. The standard InChI is InChI=1S/C19H23FO4/c1-17-8-7-12(21)9-11(17)3-4-14-13-5-6-16(23)24-18(13,2)10-15(22)19(14,17)20/h7-9,13-15,22H,3-6,10H2,1-2H3/t13-,14-,15-,17-,18-,19-/m0/s1. The van der Waals surface area contributed by atoms with Gasteiger partial charge in [0.25, 0.3) is 0 Å². The third-order valence-electron chi connectivity index (χ3n) is 6.98. The van der Waals surface area contributed by atoms with Crippen molar-refractivity contribution in [1.82, 2.24) is 0 Å². The topological polar surface area (TPSA) is 63.6 Å². The molecule has 5 heteroatoms. The highest BCUT2D eigenvalue weighted by atomic mass is 19.1. The predicted octanol–water partition coefficient (Wildman–Crippen LogP) is 2.65. The van der Waals surface area contributed by atoms with Crippen LogP contribution in [0.2, 0.25) is 0 Å². The maximum atomic E-state index is 16.5. The molecule has 0 amide bonds. The van der Waals surface area contributed by atoms with Crippen LogP contribution >= 0.6 is 0 Å². The van der Waals surface area contributed by atoms with Gasteiger partial charge in [-0.25, -0.2) is 4.39 Å². The van der Waals surface area contributed by atoms with Crippen LogP contribution in [0.1, 0.15) is 46.0 Å². The Morgan fingerprint density at radius 1 is 1.21 bits per heavy atom. The molecule has 1 saturated heterocycles. The van der Waals surface area contributed by atoms with E-state index in [1.165, 1.54) is 12.2 Å². The Labute approximate surface area is 140 Å². The van der Waals surface area contributed by atoms with Crippen LogP contribution in [-0.4, -0.2) is 34.2 Å². The van der Waals surface area contributed by atoms with E-state index in [9.17, 15) is 14.7 Å². The van der Waals surface area contributed by atoms with Crippen LogP contribution in [0.25, 0.3) is 0 Å². The second-order valence-electron chi connectivity index (χ2n) is 8.17. The Hall–Kier alpha value is -1.49. The second-order valence-corrected chi connectivity index (χ2v) is 8.17. The molecule has 4 nitrogen and oxygen atoms in total. The number of carbonyl (C=O) groups is 2. The number of ketones is 1. The SMILES string of the molecule is C[C@]12C=CC(=O)C=C1CC[C@H]1[C@@H]3CCC(=O)O[C@@]3(C)C[C@H](O)[C@@]12F. The summed E-state index contributed by atoms with van der Waals surface area (Å²) in [6, 6.07) is 0. The lowest BCUT2D eigenvalue weighted by Gasteiger charge is -2.62. The van der Waals surface area contributed by atoms with E-state index in [2.05, 4.69) is 0 Å². The average Bonchev–Trinajstić information content (AvgIpc) is 2.49. The molecule has 0 aromatic heterocycles. The number of aliphatic hydroxyl groups is 1. The van der Waals surface area contributed by atoms with Crippen molar-refractivity contribution in [2.24, 2.45) is 17.3 Å². The summed E-state index contributed by atoms with van der Waals surface area (Å²) in [4.78, 5) is 23.5. The van der Waals surface area contributed by atoms with Gasteiger partial charge in [-0.15, -0.1) is 0 Å². The molecular formula is C19H23FO4. The molecule has 24 heavy (non-hydrogen) atoms. The molecule has 4 rings (SSSR count). The summed E-state index contributed by atoms with van der Waals surface area (Å²) in [6.45, 7) is 3.61. The lowest BCUT2D eigenvalue weighted by Crippen LogP contribution is -2.69. The molecule has 0 unspecified atom stereocenters. The third-order valence-corrected chi connectivity index (χ3v) is 6.98.